The number of nitro groups is 1. The molecule has 0 aliphatic rings. The van der Waals surface area contributed by atoms with Gasteiger partial charge in [-0.1, -0.05) is 0 Å². The van der Waals surface area contributed by atoms with Crippen LogP contribution in [0.2, 0.25) is 0 Å². The second-order valence-corrected chi connectivity index (χ2v) is 4.41. The van der Waals surface area contributed by atoms with Crippen LogP contribution < -0.4 is 11.1 Å². The maximum Gasteiger partial charge on any atom is 0.311 e. The van der Waals surface area contributed by atoms with Gasteiger partial charge >= 0.3 is 5.69 Å². The van der Waals surface area contributed by atoms with Crippen molar-refractivity contribution in [2.24, 2.45) is 5.73 Å². The number of hydrogen-bond donors (Lipinski definition) is 3. The summed E-state index contributed by atoms with van der Waals surface area (Å²) >= 11 is 3.17. The van der Waals surface area contributed by atoms with Crippen LogP contribution in [0.25, 0.3) is 0 Å². The van der Waals surface area contributed by atoms with Gasteiger partial charge < -0.3 is 16.2 Å². The van der Waals surface area contributed by atoms with Crippen LogP contribution in [0.3, 0.4) is 0 Å². The minimum Gasteiger partial charge on any atom is -0.392 e. The number of halogens is 1. The fraction of sp³-hybridized carbons (Fsp3) is 0.444. The summed E-state index contributed by atoms with van der Waals surface area (Å²) in [5, 5.41) is 22.8. The number of anilines is 1. The summed E-state index contributed by atoms with van der Waals surface area (Å²) in [5.41, 5.74) is 5.79. The Hall–Kier alpha value is -1.25. The molecule has 0 saturated heterocycles. The van der Waals surface area contributed by atoms with E-state index in [1.165, 1.54) is 6.20 Å². The van der Waals surface area contributed by atoms with Gasteiger partial charge in [-0.05, 0) is 22.9 Å². The number of nitrogens with zero attached hydrogens (tertiary/aromatic N) is 2. The molecule has 0 spiro atoms. The van der Waals surface area contributed by atoms with Crippen LogP contribution >= 0.6 is 15.9 Å². The first-order valence-electron chi connectivity index (χ1n) is 4.89. The van der Waals surface area contributed by atoms with E-state index in [2.05, 4.69) is 26.2 Å². The molecular formula is C9H13BrN4O3. The van der Waals surface area contributed by atoms with E-state index < -0.39 is 17.1 Å². The van der Waals surface area contributed by atoms with E-state index in [0.717, 1.165) is 6.20 Å². The van der Waals surface area contributed by atoms with Crippen molar-refractivity contribution in [3.63, 3.8) is 0 Å². The molecule has 1 aromatic rings. The molecule has 2 unspecified atom stereocenters. The molecule has 1 heterocycles. The molecule has 94 valence electrons. The summed E-state index contributed by atoms with van der Waals surface area (Å²) in [7, 11) is 0. The zero-order chi connectivity index (χ0) is 13.0. The first-order valence-corrected chi connectivity index (χ1v) is 5.68. The van der Waals surface area contributed by atoms with Crippen LogP contribution in [0.4, 0.5) is 11.4 Å². The molecule has 1 rings (SSSR count). The predicted octanol–water partition coefficient (Wildman–Crippen LogP) is 0.872. The van der Waals surface area contributed by atoms with Crippen LogP contribution in [0.15, 0.2) is 16.9 Å². The molecule has 4 N–H and O–H groups in total. The minimum atomic E-state index is -0.692. The maximum atomic E-state index is 10.8. The molecule has 17 heavy (non-hydrogen) atoms. The van der Waals surface area contributed by atoms with Gasteiger partial charge in [0.15, 0.2) is 0 Å². The Labute approximate surface area is 106 Å². The van der Waals surface area contributed by atoms with Crippen molar-refractivity contribution in [1.82, 2.24) is 4.98 Å². The molecule has 0 amide bonds. The fourth-order valence-electron chi connectivity index (χ4n) is 1.13. The number of nitrogens with one attached hydrogen (secondary N) is 1. The summed E-state index contributed by atoms with van der Waals surface area (Å²) in [6.45, 7) is 1.78. The lowest BCUT2D eigenvalue weighted by atomic mass is 10.2. The summed E-state index contributed by atoms with van der Waals surface area (Å²) in [6.07, 6.45) is 1.91. The van der Waals surface area contributed by atoms with Gasteiger partial charge in [-0.15, -0.1) is 0 Å². The van der Waals surface area contributed by atoms with Crippen LogP contribution in [0.1, 0.15) is 6.92 Å². The Morgan fingerprint density at radius 3 is 2.88 bits per heavy atom. The Kier molecular flexibility index (Phi) is 4.79. The third-order valence-electron chi connectivity index (χ3n) is 2.21. The molecular weight excluding hydrogens is 292 g/mol. The smallest absolute Gasteiger partial charge is 0.311 e. The average molecular weight is 305 g/mol. The van der Waals surface area contributed by atoms with E-state index >= 15 is 0 Å². The molecule has 2 atom stereocenters. The largest absolute Gasteiger partial charge is 0.392 e. The van der Waals surface area contributed by atoms with Crippen LogP contribution in [-0.4, -0.2) is 33.7 Å². The number of hydrogen-bond acceptors (Lipinski definition) is 6. The predicted molar refractivity (Wildman–Crippen MR) is 66.7 cm³/mol. The fourth-order valence-corrected chi connectivity index (χ4v) is 1.59. The SMILES string of the molecule is CC(O)C(N)CNc1c(Br)cncc1[N+](=O)[O-]. The van der Waals surface area contributed by atoms with E-state index in [4.69, 9.17) is 5.73 Å². The first-order chi connectivity index (χ1) is 7.93. The molecule has 0 aromatic carbocycles. The Balaban J connectivity index is 2.86. The highest BCUT2D eigenvalue weighted by Crippen LogP contribution is 2.30. The molecule has 1 aromatic heterocycles. The van der Waals surface area contributed by atoms with Gasteiger partial charge in [0.2, 0.25) is 0 Å². The second-order valence-electron chi connectivity index (χ2n) is 3.56. The highest BCUT2D eigenvalue weighted by atomic mass is 79.9. The lowest BCUT2D eigenvalue weighted by Crippen LogP contribution is -2.38. The first kappa shape index (κ1) is 13.8. The summed E-state index contributed by atoms with van der Waals surface area (Å²) in [6, 6.07) is -0.505. The molecule has 7 nitrogen and oxygen atoms in total. The zero-order valence-electron chi connectivity index (χ0n) is 9.13. The lowest BCUT2D eigenvalue weighted by molar-refractivity contribution is -0.384. The molecule has 8 heteroatoms. The van der Waals surface area contributed by atoms with Crippen molar-refractivity contribution in [3.05, 3.63) is 27.0 Å². The van der Waals surface area contributed by atoms with Crippen molar-refractivity contribution < 1.29 is 10.0 Å². The van der Waals surface area contributed by atoms with Gasteiger partial charge in [0, 0.05) is 18.8 Å². The number of aromatic nitrogens is 1. The highest BCUT2D eigenvalue weighted by molar-refractivity contribution is 9.10. The van der Waals surface area contributed by atoms with Crippen LogP contribution in [0, 0.1) is 10.1 Å². The molecule has 0 radical (unpaired) electrons. The Bertz CT molecular complexity index is 413. The van der Waals surface area contributed by atoms with Crippen molar-refractivity contribution in [2.75, 3.05) is 11.9 Å². The van der Waals surface area contributed by atoms with Crippen molar-refractivity contribution >= 4 is 27.3 Å². The van der Waals surface area contributed by atoms with E-state index in [-0.39, 0.29) is 12.2 Å². The van der Waals surface area contributed by atoms with Crippen LogP contribution in [0.5, 0.6) is 0 Å². The number of rotatable bonds is 5. The van der Waals surface area contributed by atoms with E-state index in [1.54, 1.807) is 6.92 Å². The topological polar surface area (TPSA) is 114 Å². The monoisotopic (exact) mass is 304 g/mol. The normalized spacial score (nSPS) is 14.1. The summed E-state index contributed by atoms with van der Waals surface area (Å²) in [4.78, 5) is 14.0. The van der Waals surface area contributed by atoms with Gasteiger partial charge in [0.25, 0.3) is 0 Å². The zero-order valence-corrected chi connectivity index (χ0v) is 10.7. The summed E-state index contributed by atoms with van der Waals surface area (Å²) in [5.74, 6) is 0. The lowest BCUT2D eigenvalue weighted by Gasteiger charge is -2.16. The third-order valence-corrected chi connectivity index (χ3v) is 2.81. The third kappa shape index (κ3) is 3.62. The Morgan fingerprint density at radius 2 is 2.35 bits per heavy atom. The Morgan fingerprint density at radius 1 is 1.71 bits per heavy atom. The van der Waals surface area contributed by atoms with Crippen molar-refractivity contribution in [3.8, 4) is 0 Å². The van der Waals surface area contributed by atoms with E-state index in [0.29, 0.717) is 10.2 Å². The van der Waals surface area contributed by atoms with Crippen molar-refractivity contribution in [1.29, 1.82) is 0 Å². The quantitative estimate of drug-likeness (QED) is 0.549. The number of aliphatic hydroxyl groups excluding tert-OH is 1. The van der Waals surface area contributed by atoms with Crippen LogP contribution in [-0.2, 0) is 0 Å². The number of aliphatic hydroxyl groups is 1. The van der Waals surface area contributed by atoms with Gasteiger partial charge in [-0.2, -0.15) is 0 Å². The van der Waals surface area contributed by atoms with E-state index in [9.17, 15) is 15.2 Å². The van der Waals surface area contributed by atoms with Crippen molar-refractivity contribution in [2.45, 2.75) is 19.1 Å². The molecule has 0 saturated carbocycles. The highest BCUT2D eigenvalue weighted by Gasteiger charge is 2.18. The molecule has 0 aliphatic heterocycles. The number of pyridine rings is 1. The van der Waals surface area contributed by atoms with Gasteiger partial charge in [0.05, 0.1) is 15.5 Å². The van der Waals surface area contributed by atoms with Gasteiger partial charge in [-0.25, -0.2) is 0 Å². The number of nitrogens with two attached hydrogens (primary N) is 1. The average Bonchev–Trinajstić information content (AvgIpc) is 2.26. The minimum absolute atomic E-state index is 0.142. The van der Waals surface area contributed by atoms with E-state index in [1.807, 2.05) is 0 Å². The van der Waals surface area contributed by atoms with Gasteiger partial charge in [-0.3, -0.25) is 15.1 Å². The maximum absolute atomic E-state index is 10.8. The standard InChI is InChI=1S/C9H13BrN4O3/c1-5(15)7(11)3-13-9-6(10)2-12-4-8(9)14(16)17/h2,4-5,7,15H,3,11H2,1H3,(H,12,13). The van der Waals surface area contributed by atoms with Gasteiger partial charge in [0.1, 0.15) is 11.9 Å². The summed E-state index contributed by atoms with van der Waals surface area (Å²) < 4.78 is 0.476. The second kappa shape index (κ2) is 5.89. The molecule has 0 aliphatic carbocycles. The molecule has 0 fully saturated rings. The molecule has 0 bridgehead atoms.